The smallest absolute Gasteiger partial charge is 0.0387 e. The molecule has 2 heterocycles. The Morgan fingerprint density at radius 3 is 1.87 bits per heavy atom. The molecule has 3 heteroatoms. The number of nitrogens with one attached hydrogen (secondary N) is 1. The number of benzene rings is 3. The van der Waals surface area contributed by atoms with Crippen LogP contribution in [0.2, 0.25) is 0 Å². The van der Waals surface area contributed by atoms with Gasteiger partial charge in [-0.1, -0.05) is 66.7 Å². The summed E-state index contributed by atoms with van der Waals surface area (Å²) in [6.07, 6.45) is 0. The van der Waals surface area contributed by atoms with Crippen LogP contribution in [-0.2, 0) is 0 Å². The number of rotatable bonds is 4. The zero-order valence-corrected chi connectivity index (χ0v) is 18.9. The van der Waals surface area contributed by atoms with Crippen LogP contribution in [0.15, 0.2) is 91.0 Å². The summed E-state index contributed by atoms with van der Waals surface area (Å²) in [5, 5.41) is 3.56. The van der Waals surface area contributed by atoms with E-state index in [1.54, 1.807) is 0 Å². The molecule has 0 bridgehead atoms. The van der Waals surface area contributed by atoms with Crippen LogP contribution in [0.1, 0.15) is 13.8 Å². The van der Waals surface area contributed by atoms with Crippen molar-refractivity contribution >= 4 is 17.0 Å². The summed E-state index contributed by atoms with van der Waals surface area (Å²) in [5.41, 5.74) is 6.40. The van der Waals surface area contributed by atoms with Crippen LogP contribution in [0, 0.1) is 0 Å². The van der Waals surface area contributed by atoms with Crippen LogP contribution in [-0.4, -0.2) is 25.2 Å². The highest BCUT2D eigenvalue weighted by molar-refractivity contribution is 7.18. The van der Waals surface area contributed by atoms with E-state index in [0.29, 0.717) is 12.1 Å². The number of anilines is 1. The van der Waals surface area contributed by atoms with Gasteiger partial charge in [0.1, 0.15) is 0 Å². The minimum atomic E-state index is 0.522. The molecule has 1 aliphatic rings. The van der Waals surface area contributed by atoms with Gasteiger partial charge in [0.2, 0.25) is 0 Å². The zero-order valence-electron chi connectivity index (χ0n) is 18.1. The summed E-state index contributed by atoms with van der Waals surface area (Å²) < 4.78 is 0. The number of piperazine rings is 1. The van der Waals surface area contributed by atoms with Crippen molar-refractivity contribution in [2.24, 2.45) is 0 Å². The monoisotopic (exact) mass is 424 g/mol. The van der Waals surface area contributed by atoms with Crippen LogP contribution in [0.4, 0.5) is 5.69 Å². The summed E-state index contributed by atoms with van der Waals surface area (Å²) in [6, 6.07) is 34.1. The van der Waals surface area contributed by atoms with Crippen LogP contribution in [0.3, 0.4) is 0 Å². The second kappa shape index (κ2) is 8.70. The van der Waals surface area contributed by atoms with Gasteiger partial charge in [-0.2, -0.15) is 0 Å². The molecule has 2 atom stereocenters. The Morgan fingerprint density at radius 1 is 0.677 bits per heavy atom. The van der Waals surface area contributed by atoms with Crippen LogP contribution >= 0.6 is 11.3 Å². The maximum Gasteiger partial charge on any atom is 0.0387 e. The maximum absolute atomic E-state index is 3.56. The van der Waals surface area contributed by atoms with Crippen LogP contribution < -0.4 is 10.2 Å². The molecule has 0 saturated carbocycles. The molecule has 156 valence electrons. The summed E-state index contributed by atoms with van der Waals surface area (Å²) in [7, 11) is 0. The number of nitrogens with zero attached hydrogens (tertiary/aromatic N) is 1. The molecular formula is C28H28N2S. The van der Waals surface area contributed by atoms with Crippen molar-refractivity contribution in [3.8, 4) is 32.0 Å². The van der Waals surface area contributed by atoms with Crippen molar-refractivity contribution in [1.29, 1.82) is 0 Å². The fourth-order valence-corrected chi connectivity index (χ4v) is 5.32. The van der Waals surface area contributed by atoms with E-state index < -0.39 is 0 Å². The van der Waals surface area contributed by atoms with E-state index in [9.17, 15) is 0 Å². The number of thiophene rings is 1. The van der Waals surface area contributed by atoms with Gasteiger partial charge in [0, 0.05) is 40.6 Å². The van der Waals surface area contributed by atoms with Gasteiger partial charge in [0.25, 0.3) is 0 Å². The molecule has 3 aromatic carbocycles. The van der Waals surface area contributed by atoms with Crippen molar-refractivity contribution in [1.82, 2.24) is 5.32 Å². The SMILES string of the molecule is CC1CN(c2ccc(-c3ccc(-c4ccc(-c5ccccc5)cc4)s3)cc2)C(C)CN1. The second-order valence-corrected chi connectivity index (χ2v) is 9.55. The first-order valence-electron chi connectivity index (χ1n) is 11.0. The van der Waals surface area contributed by atoms with Gasteiger partial charge in [0.05, 0.1) is 0 Å². The molecule has 1 aromatic heterocycles. The Hall–Kier alpha value is -2.88. The minimum Gasteiger partial charge on any atom is -0.366 e. The third kappa shape index (κ3) is 4.30. The van der Waals surface area contributed by atoms with Crippen molar-refractivity contribution in [3.63, 3.8) is 0 Å². The fraction of sp³-hybridized carbons (Fsp3) is 0.214. The standard InChI is InChI=1S/C28H28N2S/c1-20-19-30(21(2)18-29-20)26-14-12-25(13-15-26)28-17-16-27(31-28)24-10-8-23(9-11-24)22-6-4-3-5-7-22/h3-17,20-21,29H,18-19H2,1-2H3. The van der Waals surface area contributed by atoms with Crippen molar-refractivity contribution < 1.29 is 0 Å². The molecular weight excluding hydrogens is 396 g/mol. The van der Waals surface area contributed by atoms with Gasteiger partial charge in [-0.15, -0.1) is 11.3 Å². The van der Waals surface area contributed by atoms with Gasteiger partial charge in [-0.25, -0.2) is 0 Å². The minimum absolute atomic E-state index is 0.522. The van der Waals surface area contributed by atoms with E-state index in [2.05, 4.69) is 115 Å². The van der Waals surface area contributed by atoms with Crippen molar-refractivity contribution in [3.05, 3.63) is 91.0 Å². The van der Waals surface area contributed by atoms with Gasteiger partial charge in [0.15, 0.2) is 0 Å². The molecule has 2 nitrogen and oxygen atoms in total. The lowest BCUT2D eigenvalue weighted by Gasteiger charge is -2.39. The average Bonchev–Trinajstić information content (AvgIpc) is 3.32. The highest BCUT2D eigenvalue weighted by atomic mass is 32.1. The molecule has 0 aliphatic carbocycles. The molecule has 4 aromatic rings. The quantitative estimate of drug-likeness (QED) is 0.382. The lowest BCUT2D eigenvalue weighted by molar-refractivity contribution is 0.425. The Morgan fingerprint density at radius 2 is 1.23 bits per heavy atom. The first kappa shape index (κ1) is 20.0. The number of hydrogen-bond donors (Lipinski definition) is 1. The van der Waals surface area contributed by atoms with Crippen molar-refractivity contribution in [2.75, 3.05) is 18.0 Å². The van der Waals surface area contributed by atoms with E-state index in [-0.39, 0.29) is 0 Å². The van der Waals surface area contributed by atoms with Crippen molar-refractivity contribution in [2.45, 2.75) is 25.9 Å². The first-order chi connectivity index (χ1) is 15.2. The summed E-state index contributed by atoms with van der Waals surface area (Å²) >= 11 is 1.86. The van der Waals surface area contributed by atoms with Crippen LogP contribution in [0.5, 0.6) is 0 Å². The van der Waals surface area contributed by atoms with E-state index in [1.165, 1.54) is 37.7 Å². The molecule has 0 spiro atoms. The summed E-state index contributed by atoms with van der Waals surface area (Å²) in [4.78, 5) is 5.14. The highest BCUT2D eigenvalue weighted by Crippen LogP contribution is 2.36. The van der Waals surface area contributed by atoms with Gasteiger partial charge in [-0.05, 0) is 60.4 Å². The fourth-order valence-electron chi connectivity index (χ4n) is 4.30. The predicted molar refractivity (Wildman–Crippen MR) is 135 cm³/mol. The molecule has 0 radical (unpaired) electrons. The van der Waals surface area contributed by atoms with E-state index in [0.717, 1.165) is 13.1 Å². The predicted octanol–water partition coefficient (Wildman–Crippen LogP) is 6.94. The molecule has 0 amide bonds. The molecule has 2 unspecified atom stereocenters. The number of hydrogen-bond acceptors (Lipinski definition) is 3. The normalized spacial score (nSPS) is 18.8. The van der Waals surface area contributed by atoms with E-state index >= 15 is 0 Å². The molecule has 5 rings (SSSR count). The van der Waals surface area contributed by atoms with Crippen LogP contribution in [0.25, 0.3) is 32.0 Å². The zero-order chi connectivity index (χ0) is 21.2. The maximum atomic E-state index is 3.56. The Bertz CT molecular complexity index is 1130. The molecule has 1 N–H and O–H groups in total. The first-order valence-corrected chi connectivity index (χ1v) is 11.9. The average molecular weight is 425 g/mol. The Balaban J connectivity index is 1.33. The highest BCUT2D eigenvalue weighted by Gasteiger charge is 2.22. The van der Waals surface area contributed by atoms with Gasteiger partial charge >= 0.3 is 0 Å². The third-order valence-corrected chi connectivity index (χ3v) is 7.31. The molecule has 1 saturated heterocycles. The second-order valence-electron chi connectivity index (χ2n) is 8.46. The topological polar surface area (TPSA) is 15.3 Å². The largest absolute Gasteiger partial charge is 0.366 e. The third-order valence-electron chi connectivity index (χ3n) is 6.13. The summed E-state index contributed by atoms with van der Waals surface area (Å²) in [6.45, 7) is 6.65. The Labute approximate surface area is 189 Å². The van der Waals surface area contributed by atoms with Gasteiger partial charge in [-0.3, -0.25) is 0 Å². The van der Waals surface area contributed by atoms with Gasteiger partial charge < -0.3 is 10.2 Å². The van der Waals surface area contributed by atoms with E-state index in [4.69, 9.17) is 0 Å². The molecule has 1 fully saturated rings. The lowest BCUT2D eigenvalue weighted by atomic mass is 10.0. The van der Waals surface area contributed by atoms with E-state index in [1.807, 2.05) is 11.3 Å². The lowest BCUT2D eigenvalue weighted by Crippen LogP contribution is -2.54. The Kier molecular flexibility index (Phi) is 5.63. The molecule has 31 heavy (non-hydrogen) atoms. The molecule has 1 aliphatic heterocycles. The summed E-state index contributed by atoms with van der Waals surface area (Å²) in [5.74, 6) is 0.